The molecule has 1 N–H and O–H groups in total. The number of carbonyl (C=O) groups excluding carboxylic acids is 2. The van der Waals surface area contributed by atoms with Crippen molar-refractivity contribution in [2.45, 2.75) is 0 Å². The number of hydrogen-bond donors (Lipinski definition) is 1. The number of carbonyl (C=O) groups is 2. The first-order chi connectivity index (χ1) is 15.5. The first kappa shape index (κ1) is 21.9. The summed E-state index contributed by atoms with van der Waals surface area (Å²) >= 11 is 1.27. The maximum atomic E-state index is 13.7. The average Bonchev–Trinajstić information content (AvgIpc) is 3.27. The van der Waals surface area contributed by atoms with Crippen molar-refractivity contribution < 1.29 is 27.8 Å². The number of anilines is 2. The molecule has 1 aromatic heterocycles. The van der Waals surface area contributed by atoms with Gasteiger partial charge < -0.3 is 19.7 Å². The monoisotopic (exact) mass is 458 g/mol. The normalized spacial score (nSPS) is 13.6. The number of nitrogens with zero attached hydrogens (tertiary/aromatic N) is 1. The Morgan fingerprint density at radius 3 is 2.41 bits per heavy atom. The van der Waals surface area contributed by atoms with Gasteiger partial charge in [0.25, 0.3) is 5.91 Å². The predicted octanol–water partition coefficient (Wildman–Crippen LogP) is 4.33. The zero-order valence-corrected chi connectivity index (χ0v) is 17.8. The fourth-order valence-electron chi connectivity index (χ4n) is 3.30. The number of rotatable bonds is 6. The number of para-hydroxylation sites is 1. The molecule has 1 fully saturated rings. The number of ether oxygens (including phenoxy) is 2. The molecule has 0 atom stereocenters. The van der Waals surface area contributed by atoms with Crippen LogP contribution in [0.15, 0.2) is 54.6 Å². The van der Waals surface area contributed by atoms with Crippen molar-refractivity contribution >= 4 is 33.9 Å². The molecule has 1 amide bonds. The fraction of sp³-hybridized carbons (Fsp3) is 0.217. The van der Waals surface area contributed by atoms with E-state index in [1.807, 2.05) is 30.3 Å². The molecule has 9 heteroatoms. The molecule has 1 saturated heterocycles. The van der Waals surface area contributed by atoms with Gasteiger partial charge in [0.15, 0.2) is 6.61 Å². The zero-order valence-electron chi connectivity index (χ0n) is 17.0. The minimum absolute atomic E-state index is 0.329. The van der Waals surface area contributed by atoms with Crippen LogP contribution >= 0.6 is 11.3 Å². The minimum Gasteiger partial charge on any atom is -0.451 e. The van der Waals surface area contributed by atoms with Crippen molar-refractivity contribution in [3.05, 3.63) is 71.1 Å². The van der Waals surface area contributed by atoms with Crippen LogP contribution in [0.5, 0.6) is 0 Å². The first-order valence-corrected chi connectivity index (χ1v) is 10.8. The number of amides is 1. The lowest BCUT2D eigenvalue weighted by Crippen LogP contribution is -2.35. The maximum Gasteiger partial charge on any atom is 0.348 e. The van der Waals surface area contributed by atoms with E-state index in [-0.39, 0.29) is 0 Å². The third kappa shape index (κ3) is 4.95. The van der Waals surface area contributed by atoms with E-state index in [1.165, 1.54) is 17.4 Å². The second-order valence-corrected chi connectivity index (χ2v) is 8.05. The van der Waals surface area contributed by atoms with Gasteiger partial charge in [0.05, 0.1) is 18.2 Å². The van der Waals surface area contributed by atoms with Crippen LogP contribution in [0.1, 0.15) is 9.67 Å². The van der Waals surface area contributed by atoms with Gasteiger partial charge in [-0.1, -0.05) is 36.4 Å². The number of morpholine rings is 1. The van der Waals surface area contributed by atoms with Crippen molar-refractivity contribution in [1.82, 2.24) is 0 Å². The Morgan fingerprint density at radius 1 is 1.03 bits per heavy atom. The first-order valence-electron chi connectivity index (χ1n) is 9.96. The van der Waals surface area contributed by atoms with E-state index in [0.29, 0.717) is 31.2 Å². The number of thiophene rings is 1. The summed E-state index contributed by atoms with van der Waals surface area (Å²) < 4.78 is 37.9. The second-order valence-electron chi connectivity index (χ2n) is 7.02. The van der Waals surface area contributed by atoms with Crippen LogP contribution in [0.2, 0.25) is 0 Å². The van der Waals surface area contributed by atoms with Gasteiger partial charge in [-0.3, -0.25) is 4.79 Å². The number of halogens is 2. The third-order valence-corrected chi connectivity index (χ3v) is 6.03. The van der Waals surface area contributed by atoms with Crippen LogP contribution in [0.3, 0.4) is 0 Å². The lowest BCUT2D eigenvalue weighted by atomic mass is 10.1. The van der Waals surface area contributed by atoms with Crippen LogP contribution in [-0.2, 0) is 14.3 Å². The Morgan fingerprint density at radius 2 is 1.72 bits per heavy atom. The van der Waals surface area contributed by atoms with Crippen LogP contribution in [0, 0.1) is 11.6 Å². The molecular formula is C23H20F2N2O4S. The summed E-state index contributed by atoms with van der Waals surface area (Å²) in [7, 11) is 0. The average molecular weight is 458 g/mol. The van der Waals surface area contributed by atoms with Crippen molar-refractivity contribution in [2.24, 2.45) is 0 Å². The largest absolute Gasteiger partial charge is 0.451 e. The highest BCUT2D eigenvalue weighted by atomic mass is 32.1. The third-order valence-electron chi connectivity index (χ3n) is 4.86. The van der Waals surface area contributed by atoms with Crippen molar-refractivity contribution in [3.63, 3.8) is 0 Å². The Balaban J connectivity index is 1.48. The van der Waals surface area contributed by atoms with Crippen LogP contribution < -0.4 is 10.2 Å². The van der Waals surface area contributed by atoms with Crippen molar-refractivity contribution in [2.75, 3.05) is 43.1 Å². The summed E-state index contributed by atoms with van der Waals surface area (Å²) in [6.45, 7) is 1.92. The number of esters is 1. The minimum atomic E-state index is -0.911. The lowest BCUT2D eigenvalue weighted by Gasteiger charge is -2.28. The van der Waals surface area contributed by atoms with Gasteiger partial charge in [0.2, 0.25) is 0 Å². The molecule has 0 spiro atoms. The SMILES string of the molecule is O=C(COC(=O)c1cc(-c2ccccc2)c(N2CCOCC2)s1)Nc1c(F)cccc1F. The summed E-state index contributed by atoms with van der Waals surface area (Å²) in [5, 5.41) is 3.02. The molecule has 6 nitrogen and oxygen atoms in total. The molecule has 1 aliphatic heterocycles. The molecule has 2 aromatic carbocycles. The molecule has 0 saturated carbocycles. The quantitative estimate of drug-likeness (QED) is 0.557. The van der Waals surface area contributed by atoms with E-state index in [2.05, 4.69) is 10.2 Å². The van der Waals surface area contributed by atoms with Crippen LogP contribution in [0.25, 0.3) is 11.1 Å². The second kappa shape index (κ2) is 9.88. The Kier molecular flexibility index (Phi) is 6.77. The smallest absolute Gasteiger partial charge is 0.348 e. The molecular weight excluding hydrogens is 438 g/mol. The summed E-state index contributed by atoms with van der Waals surface area (Å²) in [5.41, 5.74) is 1.27. The zero-order chi connectivity index (χ0) is 22.5. The van der Waals surface area contributed by atoms with Gasteiger partial charge in [0.1, 0.15) is 22.2 Å². The molecule has 0 unspecified atom stereocenters. The van der Waals surface area contributed by atoms with Crippen molar-refractivity contribution in [1.29, 1.82) is 0 Å². The Labute approximate surface area is 187 Å². The lowest BCUT2D eigenvalue weighted by molar-refractivity contribution is -0.119. The van der Waals surface area contributed by atoms with E-state index in [4.69, 9.17) is 9.47 Å². The van der Waals surface area contributed by atoms with Gasteiger partial charge in [-0.15, -0.1) is 11.3 Å². The highest BCUT2D eigenvalue weighted by molar-refractivity contribution is 7.18. The number of benzene rings is 2. The summed E-state index contributed by atoms with van der Waals surface area (Å²) in [6.07, 6.45) is 0. The molecule has 4 rings (SSSR count). The molecule has 3 aromatic rings. The standard InChI is InChI=1S/C23H20F2N2O4S/c24-17-7-4-8-18(25)21(17)26-20(28)14-31-23(29)19-13-16(15-5-2-1-3-6-15)22(32-19)27-9-11-30-12-10-27/h1-8,13H,9-12,14H2,(H,26,28). The molecule has 0 bridgehead atoms. The van der Waals surface area contributed by atoms with E-state index >= 15 is 0 Å². The maximum absolute atomic E-state index is 13.7. The highest BCUT2D eigenvalue weighted by Gasteiger charge is 2.23. The van der Waals surface area contributed by atoms with E-state index in [1.54, 1.807) is 6.07 Å². The molecule has 32 heavy (non-hydrogen) atoms. The molecule has 0 radical (unpaired) electrons. The van der Waals surface area contributed by atoms with Gasteiger partial charge >= 0.3 is 5.97 Å². The number of nitrogens with one attached hydrogen (secondary N) is 1. The summed E-state index contributed by atoms with van der Waals surface area (Å²) in [5.74, 6) is -3.34. The van der Waals surface area contributed by atoms with Gasteiger partial charge in [0, 0.05) is 18.7 Å². The Hall–Kier alpha value is -3.30. The topological polar surface area (TPSA) is 67.9 Å². The summed E-state index contributed by atoms with van der Waals surface area (Å²) in [6, 6.07) is 14.6. The molecule has 0 aliphatic carbocycles. The molecule has 2 heterocycles. The summed E-state index contributed by atoms with van der Waals surface area (Å²) in [4.78, 5) is 27.2. The number of hydrogen-bond acceptors (Lipinski definition) is 6. The van der Waals surface area contributed by atoms with E-state index in [0.717, 1.165) is 28.3 Å². The highest BCUT2D eigenvalue weighted by Crippen LogP contribution is 2.39. The van der Waals surface area contributed by atoms with Gasteiger partial charge in [-0.25, -0.2) is 13.6 Å². The molecule has 166 valence electrons. The van der Waals surface area contributed by atoms with E-state index in [9.17, 15) is 18.4 Å². The van der Waals surface area contributed by atoms with Gasteiger partial charge in [-0.2, -0.15) is 0 Å². The van der Waals surface area contributed by atoms with E-state index < -0.39 is 35.8 Å². The van der Waals surface area contributed by atoms with Crippen LogP contribution in [-0.4, -0.2) is 44.8 Å². The predicted molar refractivity (Wildman–Crippen MR) is 118 cm³/mol. The fourth-order valence-corrected chi connectivity index (χ4v) is 4.43. The van der Waals surface area contributed by atoms with Crippen molar-refractivity contribution in [3.8, 4) is 11.1 Å². The van der Waals surface area contributed by atoms with Gasteiger partial charge in [-0.05, 0) is 23.8 Å². The Bertz CT molecular complexity index is 1090. The van der Waals surface area contributed by atoms with Crippen LogP contribution in [0.4, 0.5) is 19.5 Å². The molecule has 1 aliphatic rings.